The molecule has 0 saturated heterocycles. The summed E-state index contributed by atoms with van der Waals surface area (Å²) >= 11 is 0. The Hall–Kier alpha value is -1.84. The average Bonchev–Trinajstić information content (AvgIpc) is 2.53. The van der Waals surface area contributed by atoms with Gasteiger partial charge in [0.25, 0.3) is 0 Å². The topological polar surface area (TPSA) is 58.2 Å². The summed E-state index contributed by atoms with van der Waals surface area (Å²) in [5.74, 6) is 2.34. The molecule has 2 amide bonds. The third-order valence-electron chi connectivity index (χ3n) is 6.53. The molecule has 25 heavy (non-hydrogen) atoms. The number of rotatable bonds is 4. The van der Waals surface area contributed by atoms with Crippen molar-refractivity contribution in [2.45, 2.75) is 58.3 Å². The highest BCUT2D eigenvalue weighted by molar-refractivity contribution is 5.83. The Morgan fingerprint density at radius 3 is 2.00 bits per heavy atom. The zero-order chi connectivity index (χ0) is 17.4. The number of benzene rings is 1. The molecular weight excluding hydrogens is 312 g/mol. The summed E-state index contributed by atoms with van der Waals surface area (Å²) in [6.45, 7) is 2.02. The van der Waals surface area contributed by atoms with E-state index in [-0.39, 0.29) is 23.7 Å². The predicted octanol–water partition coefficient (Wildman–Crippen LogP) is 3.29. The van der Waals surface area contributed by atoms with E-state index < -0.39 is 0 Å². The summed E-state index contributed by atoms with van der Waals surface area (Å²) < 4.78 is 0. The van der Waals surface area contributed by atoms with Gasteiger partial charge >= 0.3 is 0 Å². The first-order valence-corrected chi connectivity index (χ1v) is 9.63. The second-order valence-electron chi connectivity index (χ2n) is 8.85. The third-order valence-corrected chi connectivity index (χ3v) is 6.53. The van der Waals surface area contributed by atoms with Crippen LogP contribution in [0.3, 0.4) is 0 Å². The van der Waals surface area contributed by atoms with Crippen LogP contribution < -0.4 is 10.9 Å². The smallest absolute Gasteiger partial charge is 0.242 e. The number of amides is 2. The molecule has 0 aromatic heterocycles. The molecule has 4 saturated carbocycles. The van der Waals surface area contributed by atoms with E-state index in [1.165, 1.54) is 44.1 Å². The number of hydrogen-bond donors (Lipinski definition) is 2. The molecule has 2 N–H and O–H groups in total. The molecule has 1 aromatic carbocycles. The molecule has 4 nitrogen and oxygen atoms in total. The van der Waals surface area contributed by atoms with Gasteiger partial charge in [-0.05, 0) is 74.2 Å². The maximum Gasteiger partial charge on any atom is 0.242 e. The van der Waals surface area contributed by atoms with Gasteiger partial charge in [-0.25, -0.2) is 0 Å². The van der Waals surface area contributed by atoms with Gasteiger partial charge < -0.3 is 0 Å². The molecule has 0 spiro atoms. The van der Waals surface area contributed by atoms with Crippen molar-refractivity contribution < 1.29 is 9.59 Å². The van der Waals surface area contributed by atoms with Crippen molar-refractivity contribution in [1.82, 2.24) is 10.9 Å². The summed E-state index contributed by atoms with van der Waals surface area (Å²) in [5, 5.41) is 0. The van der Waals surface area contributed by atoms with Crippen LogP contribution in [0.1, 0.15) is 56.1 Å². The summed E-state index contributed by atoms with van der Waals surface area (Å²) in [6.07, 6.45) is 8.65. The fourth-order valence-corrected chi connectivity index (χ4v) is 5.97. The van der Waals surface area contributed by atoms with Gasteiger partial charge in [-0.3, -0.25) is 20.4 Å². The van der Waals surface area contributed by atoms with Gasteiger partial charge in [0.2, 0.25) is 11.8 Å². The summed E-state index contributed by atoms with van der Waals surface area (Å²) in [4.78, 5) is 24.4. The minimum atomic E-state index is -0.164. The van der Waals surface area contributed by atoms with Gasteiger partial charge in [0.1, 0.15) is 0 Å². The Morgan fingerprint density at radius 1 is 0.920 bits per heavy atom. The SMILES string of the molecule is Cc1ccc(CC(=O)NNC(=O)CC23CC4CC(CC(C4)C2)C3)cc1. The van der Waals surface area contributed by atoms with Crippen LogP contribution in [0.15, 0.2) is 24.3 Å². The molecule has 134 valence electrons. The number of aryl methyl sites for hydroxylation is 1. The van der Waals surface area contributed by atoms with Crippen molar-refractivity contribution >= 4 is 11.8 Å². The molecule has 0 radical (unpaired) electrons. The van der Waals surface area contributed by atoms with Crippen molar-refractivity contribution in [3.8, 4) is 0 Å². The highest BCUT2D eigenvalue weighted by Crippen LogP contribution is 2.61. The summed E-state index contributed by atoms with van der Waals surface area (Å²) in [5.41, 5.74) is 7.58. The Kier molecular flexibility index (Phi) is 4.30. The van der Waals surface area contributed by atoms with Crippen LogP contribution in [0, 0.1) is 30.1 Å². The molecule has 4 aliphatic carbocycles. The van der Waals surface area contributed by atoms with Crippen molar-refractivity contribution in [2.24, 2.45) is 23.2 Å². The van der Waals surface area contributed by atoms with Crippen LogP contribution in [-0.4, -0.2) is 11.8 Å². The number of carbonyl (C=O) groups is 2. The highest BCUT2D eigenvalue weighted by atomic mass is 16.2. The van der Waals surface area contributed by atoms with E-state index >= 15 is 0 Å². The van der Waals surface area contributed by atoms with Gasteiger partial charge in [0, 0.05) is 6.42 Å². The average molecular weight is 340 g/mol. The number of carbonyl (C=O) groups excluding carboxylic acids is 2. The lowest BCUT2D eigenvalue weighted by molar-refractivity contribution is -0.134. The Morgan fingerprint density at radius 2 is 1.44 bits per heavy atom. The zero-order valence-corrected chi connectivity index (χ0v) is 15.0. The number of hydrogen-bond acceptors (Lipinski definition) is 2. The van der Waals surface area contributed by atoms with Gasteiger partial charge in [0.15, 0.2) is 0 Å². The largest absolute Gasteiger partial charge is 0.273 e. The second kappa shape index (κ2) is 6.47. The van der Waals surface area contributed by atoms with Crippen molar-refractivity contribution in [3.05, 3.63) is 35.4 Å². The molecule has 0 aliphatic heterocycles. The molecule has 0 atom stereocenters. The van der Waals surface area contributed by atoms with E-state index in [1.807, 2.05) is 31.2 Å². The van der Waals surface area contributed by atoms with Gasteiger partial charge in [-0.2, -0.15) is 0 Å². The van der Waals surface area contributed by atoms with Gasteiger partial charge in [0.05, 0.1) is 6.42 Å². The van der Waals surface area contributed by atoms with Crippen molar-refractivity contribution in [1.29, 1.82) is 0 Å². The fraction of sp³-hybridized carbons (Fsp3) is 0.619. The van der Waals surface area contributed by atoms with Crippen LogP contribution in [0.4, 0.5) is 0 Å². The molecule has 4 heteroatoms. The Labute approximate surface area is 149 Å². The van der Waals surface area contributed by atoms with Crippen LogP contribution in [0.2, 0.25) is 0 Å². The number of nitrogens with one attached hydrogen (secondary N) is 2. The monoisotopic (exact) mass is 340 g/mol. The first-order valence-electron chi connectivity index (χ1n) is 9.63. The van der Waals surface area contributed by atoms with E-state index in [0.29, 0.717) is 6.42 Å². The minimum Gasteiger partial charge on any atom is -0.273 e. The molecular formula is C21H28N2O2. The van der Waals surface area contributed by atoms with E-state index in [2.05, 4.69) is 10.9 Å². The standard InChI is InChI=1S/C21H28N2O2/c1-14-2-4-15(5-3-14)9-19(24)22-23-20(25)13-21-10-16-6-17(11-21)8-18(7-16)12-21/h2-5,16-18H,6-13H2,1H3,(H,22,24)(H,23,25). The molecule has 4 bridgehead atoms. The highest BCUT2D eigenvalue weighted by Gasteiger charge is 2.51. The summed E-state index contributed by atoms with van der Waals surface area (Å²) in [7, 11) is 0. The van der Waals surface area contributed by atoms with E-state index in [9.17, 15) is 9.59 Å². The molecule has 0 unspecified atom stereocenters. The van der Waals surface area contributed by atoms with Crippen LogP contribution in [0.25, 0.3) is 0 Å². The molecule has 0 heterocycles. The van der Waals surface area contributed by atoms with E-state index in [0.717, 1.165) is 23.3 Å². The Balaban J connectivity index is 1.26. The quantitative estimate of drug-likeness (QED) is 0.826. The number of hydrazine groups is 1. The second-order valence-corrected chi connectivity index (χ2v) is 8.85. The lowest BCUT2D eigenvalue weighted by Crippen LogP contribution is -2.50. The van der Waals surface area contributed by atoms with Gasteiger partial charge in [-0.1, -0.05) is 29.8 Å². The summed E-state index contributed by atoms with van der Waals surface area (Å²) in [6, 6.07) is 7.89. The normalized spacial score (nSPS) is 32.4. The lowest BCUT2D eigenvalue weighted by Gasteiger charge is -2.56. The molecule has 1 aromatic rings. The van der Waals surface area contributed by atoms with Crippen LogP contribution >= 0.6 is 0 Å². The van der Waals surface area contributed by atoms with Crippen molar-refractivity contribution in [3.63, 3.8) is 0 Å². The maximum atomic E-state index is 12.4. The predicted molar refractivity (Wildman–Crippen MR) is 96.4 cm³/mol. The molecule has 5 rings (SSSR count). The van der Waals surface area contributed by atoms with Crippen LogP contribution in [-0.2, 0) is 16.0 Å². The third kappa shape index (κ3) is 3.73. The lowest BCUT2D eigenvalue weighted by atomic mass is 9.49. The first-order chi connectivity index (χ1) is 12.0. The van der Waals surface area contributed by atoms with Crippen LogP contribution in [0.5, 0.6) is 0 Å². The fourth-order valence-electron chi connectivity index (χ4n) is 5.97. The van der Waals surface area contributed by atoms with E-state index in [1.54, 1.807) is 0 Å². The molecule has 4 aliphatic rings. The van der Waals surface area contributed by atoms with E-state index in [4.69, 9.17) is 0 Å². The van der Waals surface area contributed by atoms with Crippen molar-refractivity contribution in [2.75, 3.05) is 0 Å². The zero-order valence-electron chi connectivity index (χ0n) is 15.0. The maximum absolute atomic E-state index is 12.4. The minimum absolute atomic E-state index is 0.0285. The molecule has 4 fully saturated rings. The Bertz CT molecular complexity index is 630. The first kappa shape index (κ1) is 16.6. The van der Waals surface area contributed by atoms with Gasteiger partial charge in [-0.15, -0.1) is 0 Å².